The highest BCUT2D eigenvalue weighted by atomic mass is 19.1. The van der Waals surface area contributed by atoms with E-state index >= 15 is 0 Å². The summed E-state index contributed by atoms with van der Waals surface area (Å²) in [5.41, 5.74) is 0.882. The molecule has 146 valence electrons. The first-order valence-electron chi connectivity index (χ1n) is 8.70. The van der Waals surface area contributed by atoms with Gasteiger partial charge in [-0.2, -0.15) is 0 Å². The number of carbonyl (C=O) groups excluding carboxylic acids is 2. The molecule has 2 aromatic rings. The molecule has 8 heteroatoms. The number of benzene rings is 2. The van der Waals surface area contributed by atoms with Gasteiger partial charge in [-0.25, -0.2) is 13.6 Å². The number of carboxylic acid groups (broad SMARTS) is 1. The Hall–Kier alpha value is -3.29. The molecule has 1 unspecified atom stereocenters. The second-order valence-corrected chi connectivity index (χ2v) is 6.55. The monoisotopic (exact) mass is 388 g/mol. The van der Waals surface area contributed by atoms with Gasteiger partial charge in [-0.3, -0.25) is 9.59 Å². The Bertz CT molecular complexity index is 932. The minimum atomic E-state index is -1.02. The van der Waals surface area contributed by atoms with Gasteiger partial charge in [0.1, 0.15) is 11.6 Å². The number of hydrogen-bond donors (Lipinski definition) is 2. The topological polar surface area (TPSA) is 86.7 Å². The zero-order chi connectivity index (χ0) is 20.3. The molecule has 2 amide bonds. The van der Waals surface area contributed by atoms with Crippen LogP contribution in [0.1, 0.15) is 22.3 Å². The van der Waals surface area contributed by atoms with Crippen molar-refractivity contribution in [3.05, 3.63) is 65.2 Å². The third-order valence-corrected chi connectivity index (χ3v) is 4.58. The molecule has 1 atom stereocenters. The Morgan fingerprint density at radius 1 is 1.18 bits per heavy atom. The molecule has 1 fully saturated rings. The van der Waals surface area contributed by atoms with Gasteiger partial charge in [0.05, 0.1) is 17.2 Å². The molecule has 0 bridgehead atoms. The molecule has 6 nitrogen and oxygen atoms in total. The van der Waals surface area contributed by atoms with Crippen molar-refractivity contribution in [2.24, 2.45) is 5.92 Å². The number of halogens is 2. The van der Waals surface area contributed by atoms with Crippen molar-refractivity contribution in [1.82, 2.24) is 5.32 Å². The zero-order valence-corrected chi connectivity index (χ0v) is 14.8. The summed E-state index contributed by atoms with van der Waals surface area (Å²) in [5, 5.41) is 11.7. The number of carboxylic acids is 1. The van der Waals surface area contributed by atoms with Crippen molar-refractivity contribution in [1.29, 1.82) is 0 Å². The summed E-state index contributed by atoms with van der Waals surface area (Å²) in [6, 6.07) is 9.34. The normalized spacial score (nSPS) is 16.3. The molecular formula is C20H18F2N2O4. The number of nitrogens with zero attached hydrogens (tertiary/aromatic N) is 1. The summed E-state index contributed by atoms with van der Waals surface area (Å²) in [6.45, 7) is 0.291. The minimum absolute atomic E-state index is 0.0156. The average Bonchev–Trinajstić information content (AvgIpc) is 3.03. The minimum Gasteiger partial charge on any atom is -0.478 e. The van der Waals surface area contributed by atoms with Crippen LogP contribution in [0, 0.1) is 17.6 Å². The molecule has 3 rings (SSSR count). The number of hydrogen-bond acceptors (Lipinski definition) is 3. The van der Waals surface area contributed by atoms with E-state index in [9.17, 15) is 23.2 Å². The van der Waals surface area contributed by atoms with Crippen molar-refractivity contribution in [2.75, 3.05) is 18.0 Å². The van der Waals surface area contributed by atoms with E-state index < -0.39 is 29.4 Å². The number of aromatic carboxylic acids is 1. The van der Waals surface area contributed by atoms with Crippen molar-refractivity contribution in [2.45, 2.75) is 12.8 Å². The van der Waals surface area contributed by atoms with Crippen LogP contribution in [0.5, 0.6) is 0 Å². The van der Waals surface area contributed by atoms with Gasteiger partial charge in [0.2, 0.25) is 11.8 Å². The molecule has 0 saturated carbocycles. The third kappa shape index (κ3) is 4.33. The van der Waals surface area contributed by atoms with Crippen LogP contribution in [0.15, 0.2) is 42.5 Å². The second-order valence-electron chi connectivity index (χ2n) is 6.55. The molecule has 1 aliphatic rings. The summed E-state index contributed by atoms with van der Waals surface area (Å²) < 4.78 is 27.0. The van der Waals surface area contributed by atoms with E-state index in [1.165, 1.54) is 18.2 Å². The highest BCUT2D eigenvalue weighted by Crippen LogP contribution is 2.28. The molecule has 0 radical (unpaired) electrons. The van der Waals surface area contributed by atoms with E-state index in [0.29, 0.717) is 12.5 Å². The first-order chi connectivity index (χ1) is 13.3. The highest BCUT2D eigenvalue weighted by molar-refractivity contribution is 6.00. The summed E-state index contributed by atoms with van der Waals surface area (Å²) in [4.78, 5) is 36.6. The van der Waals surface area contributed by atoms with E-state index in [0.717, 1.165) is 16.5 Å². The third-order valence-electron chi connectivity index (χ3n) is 4.58. The molecule has 0 spiro atoms. The Morgan fingerprint density at radius 2 is 1.96 bits per heavy atom. The van der Waals surface area contributed by atoms with Crippen LogP contribution < -0.4 is 10.2 Å². The lowest BCUT2D eigenvalue weighted by Crippen LogP contribution is -2.34. The molecule has 1 saturated heterocycles. The standard InChI is InChI=1S/C20H18F2N2O4/c21-15-4-5-17(16(22)10-15)24-11-14(9-18(24)25)19(26)23-7-6-12-2-1-3-13(8-12)20(27)28/h1-5,8,10,14H,6-7,9,11H2,(H,23,26)(H,27,28). The zero-order valence-electron chi connectivity index (χ0n) is 14.8. The van der Waals surface area contributed by atoms with Gasteiger partial charge in [-0.15, -0.1) is 0 Å². The van der Waals surface area contributed by atoms with Gasteiger partial charge in [0.25, 0.3) is 0 Å². The van der Waals surface area contributed by atoms with E-state index in [4.69, 9.17) is 5.11 Å². The molecule has 2 N–H and O–H groups in total. The summed E-state index contributed by atoms with van der Waals surface area (Å²) in [6.07, 6.45) is 0.376. The van der Waals surface area contributed by atoms with E-state index in [1.54, 1.807) is 12.1 Å². The maximum Gasteiger partial charge on any atom is 0.335 e. The fourth-order valence-electron chi connectivity index (χ4n) is 3.15. The van der Waals surface area contributed by atoms with E-state index in [2.05, 4.69) is 5.32 Å². The van der Waals surface area contributed by atoms with Crippen LogP contribution in [0.4, 0.5) is 14.5 Å². The summed E-state index contributed by atoms with van der Waals surface area (Å²) >= 11 is 0. The summed E-state index contributed by atoms with van der Waals surface area (Å²) in [7, 11) is 0. The van der Waals surface area contributed by atoms with Crippen molar-refractivity contribution in [3.8, 4) is 0 Å². The number of amides is 2. The largest absolute Gasteiger partial charge is 0.478 e. The molecular weight excluding hydrogens is 370 g/mol. The Kier molecular flexibility index (Phi) is 5.67. The quantitative estimate of drug-likeness (QED) is 0.796. The van der Waals surface area contributed by atoms with Crippen LogP contribution >= 0.6 is 0 Å². The lowest BCUT2D eigenvalue weighted by Gasteiger charge is -2.17. The van der Waals surface area contributed by atoms with Crippen molar-refractivity contribution >= 4 is 23.5 Å². The molecule has 0 aliphatic carbocycles. The molecule has 0 aromatic heterocycles. The Labute approximate surface area is 159 Å². The number of rotatable bonds is 6. The van der Waals surface area contributed by atoms with Gasteiger partial charge < -0.3 is 15.3 Å². The molecule has 2 aromatic carbocycles. The van der Waals surface area contributed by atoms with Crippen LogP contribution in [-0.2, 0) is 16.0 Å². The maximum absolute atomic E-state index is 13.9. The van der Waals surface area contributed by atoms with Gasteiger partial charge in [0.15, 0.2) is 0 Å². The van der Waals surface area contributed by atoms with Gasteiger partial charge in [0, 0.05) is 25.6 Å². The predicted molar refractivity (Wildman–Crippen MR) is 96.9 cm³/mol. The van der Waals surface area contributed by atoms with Gasteiger partial charge >= 0.3 is 5.97 Å². The number of anilines is 1. The lowest BCUT2D eigenvalue weighted by molar-refractivity contribution is -0.126. The van der Waals surface area contributed by atoms with Crippen LogP contribution in [0.25, 0.3) is 0 Å². The number of carbonyl (C=O) groups is 3. The maximum atomic E-state index is 13.9. The van der Waals surface area contributed by atoms with Crippen LogP contribution in [-0.4, -0.2) is 36.0 Å². The molecule has 1 aliphatic heterocycles. The smallest absolute Gasteiger partial charge is 0.335 e. The van der Waals surface area contributed by atoms with E-state index in [1.807, 2.05) is 0 Å². The number of nitrogens with one attached hydrogen (secondary N) is 1. The average molecular weight is 388 g/mol. The fraction of sp³-hybridized carbons (Fsp3) is 0.250. The molecule has 28 heavy (non-hydrogen) atoms. The Balaban J connectivity index is 1.56. The highest BCUT2D eigenvalue weighted by Gasteiger charge is 2.36. The first kappa shape index (κ1) is 19.5. The second kappa shape index (κ2) is 8.16. The fourth-order valence-corrected chi connectivity index (χ4v) is 3.15. The van der Waals surface area contributed by atoms with E-state index in [-0.39, 0.29) is 36.7 Å². The van der Waals surface area contributed by atoms with Crippen LogP contribution in [0.2, 0.25) is 0 Å². The van der Waals surface area contributed by atoms with Gasteiger partial charge in [-0.1, -0.05) is 12.1 Å². The lowest BCUT2D eigenvalue weighted by atomic mass is 10.1. The van der Waals surface area contributed by atoms with Gasteiger partial charge in [-0.05, 0) is 36.2 Å². The SMILES string of the molecule is O=C(O)c1cccc(CCNC(=O)C2CC(=O)N(c3ccc(F)cc3F)C2)c1. The predicted octanol–water partition coefficient (Wildman–Crippen LogP) is 2.37. The first-order valence-corrected chi connectivity index (χ1v) is 8.70. The van der Waals surface area contributed by atoms with Crippen molar-refractivity contribution in [3.63, 3.8) is 0 Å². The van der Waals surface area contributed by atoms with Crippen LogP contribution in [0.3, 0.4) is 0 Å². The summed E-state index contributed by atoms with van der Waals surface area (Å²) in [5.74, 6) is -4.00. The molecule has 1 heterocycles. The van der Waals surface area contributed by atoms with Crippen molar-refractivity contribution < 1.29 is 28.3 Å². The Morgan fingerprint density at radius 3 is 2.68 bits per heavy atom.